The zero-order chi connectivity index (χ0) is 20.1. The molecule has 7 heteroatoms. The number of benzene rings is 2. The first-order chi connectivity index (χ1) is 14.2. The van der Waals surface area contributed by atoms with E-state index >= 15 is 0 Å². The summed E-state index contributed by atoms with van der Waals surface area (Å²) in [7, 11) is 1.64. The van der Waals surface area contributed by atoms with Crippen LogP contribution in [0.3, 0.4) is 0 Å². The number of anilines is 1. The van der Waals surface area contributed by atoms with Gasteiger partial charge < -0.3 is 4.74 Å². The van der Waals surface area contributed by atoms with E-state index < -0.39 is 0 Å². The normalized spacial score (nSPS) is 10.8. The third-order valence-corrected chi connectivity index (χ3v) is 6.32. The smallest absolute Gasteiger partial charge is 0.239 e. The van der Waals surface area contributed by atoms with E-state index in [0.717, 1.165) is 26.4 Å². The highest BCUT2D eigenvalue weighted by Crippen LogP contribution is 2.33. The van der Waals surface area contributed by atoms with E-state index in [2.05, 4.69) is 4.98 Å². The maximum atomic E-state index is 13.1. The number of methoxy groups -OCH3 is 1. The Bertz CT molecular complexity index is 1100. The van der Waals surface area contributed by atoms with Crippen molar-refractivity contribution in [1.29, 1.82) is 0 Å². The molecule has 0 spiro atoms. The second-order valence-corrected chi connectivity index (χ2v) is 8.33. The van der Waals surface area contributed by atoms with Gasteiger partial charge in [0.25, 0.3) is 0 Å². The van der Waals surface area contributed by atoms with Gasteiger partial charge in [-0.25, -0.2) is 4.98 Å². The molecule has 29 heavy (non-hydrogen) atoms. The van der Waals surface area contributed by atoms with Gasteiger partial charge >= 0.3 is 0 Å². The van der Waals surface area contributed by atoms with Gasteiger partial charge in [0.1, 0.15) is 5.75 Å². The Hall–Kier alpha value is -2.90. The summed E-state index contributed by atoms with van der Waals surface area (Å²) in [6.07, 6.45) is 3.51. The number of ether oxygens (including phenoxy) is 1. The van der Waals surface area contributed by atoms with Gasteiger partial charge in [-0.15, -0.1) is 11.8 Å². The summed E-state index contributed by atoms with van der Waals surface area (Å²) in [5.74, 6) is 1.12. The minimum Gasteiger partial charge on any atom is -0.497 e. The van der Waals surface area contributed by atoms with Crippen molar-refractivity contribution in [3.05, 3.63) is 78.6 Å². The molecule has 0 N–H and O–H groups in total. The summed E-state index contributed by atoms with van der Waals surface area (Å²) in [6.45, 7) is 0.430. The molecule has 2 aromatic heterocycles. The monoisotopic (exact) mass is 421 g/mol. The summed E-state index contributed by atoms with van der Waals surface area (Å²) in [4.78, 5) is 24.8. The van der Waals surface area contributed by atoms with Crippen LogP contribution >= 0.6 is 23.1 Å². The number of hydrogen-bond donors (Lipinski definition) is 0. The summed E-state index contributed by atoms with van der Waals surface area (Å²) < 4.78 is 6.29. The fraction of sp³-hybridized carbons (Fsp3) is 0.136. The third kappa shape index (κ3) is 4.75. The second kappa shape index (κ2) is 9.07. The lowest BCUT2D eigenvalue weighted by Gasteiger charge is -2.19. The number of rotatable bonds is 7. The van der Waals surface area contributed by atoms with Crippen molar-refractivity contribution in [2.24, 2.45) is 0 Å². The standard InChI is InChI=1S/C22H19N3O2S2/c1-27-17-9-10-19-20(12-17)29-22(24-19)25(14-16-6-5-11-23-13-16)21(26)15-28-18-7-3-2-4-8-18/h2-13H,14-15H2,1H3. The van der Waals surface area contributed by atoms with Crippen LogP contribution in [-0.4, -0.2) is 28.7 Å². The zero-order valence-electron chi connectivity index (χ0n) is 15.8. The molecule has 0 bridgehead atoms. The van der Waals surface area contributed by atoms with Crippen LogP contribution in [0, 0.1) is 0 Å². The second-order valence-electron chi connectivity index (χ2n) is 6.27. The molecule has 2 heterocycles. The van der Waals surface area contributed by atoms with Crippen LogP contribution < -0.4 is 9.64 Å². The van der Waals surface area contributed by atoms with Crippen molar-refractivity contribution >= 4 is 44.4 Å². The summed E-state index contributed by atoms with van der Waals surface area (Å²) >= 11 is 3.01. The Balaban J connectivity index is 1.61. The average molecular weight is 422 g/mol. The number of pyridine rings is 1. The quantitative estimate of drug-likeness (QED) is 0.392. The molecule has 146 valence electrons. The van der Waals surface area contributed by atoms with Crippen LogP contribution in [0.2, 0.25) is 0 Å². The number of hydrogen-bond acceptors (Lipinski definition) is 6. The Kier molecular flexibility index (Phi) is 6.07. The molecule has 4 aromatic rings. The van der Waals surface area contributed by atoms with Crippen LogP contribution in [0.1, 0.15) is 5.56 Å². The molecular formula is C22H19N3O2S2. The SMILES string of the molecule is COc1ccc2nc(N(Cc3cccnc3)C(=O)CSc3ccccc3)sc2c1. The van der Waals surface area contributed by atoms with Crippen LogP contribution in [0.4, 0.5) is 5.13 Å². The Labute approximate surface area is 177 Å². The van der Waals surface area contributed by atoms with E-state index in [1.807, 2.05) is 60.7 Å². The molecule has 5 nitrogen and oxygen atoms in total. The van der Waals surface area contributed by atoms with Gasteiger partial charge in [-0.3, -0.25) is 14.7 Å². The molecule has 4 rings (SSSR count). The lowest BCUT2D eigenvalue weighted by molar-refractivity contribution is -0.116. The van der Waals surface area contributed by atoms with Gasteiger partial charge in [0.15, 0.2) is 5.13 Å². The minimum absolute atomic E-state index is 0.00808. The van der Waals surface area contributed by atoms with Crippen molar-refractivity contribution in [2.75, 3.05) is 17.8 Å². The van der Waals surface area contributed by atoms with Crippen molar-refractivity contribution in [1.82, 2.24) is 9.97 Å². The van der Waals surface area contributed by atoms with Crippen molar-refractivity contribution < 1.29 is 9.53 Å². The largest absolute Gasteiger partial charge is 0.497 e. The van der Waals surface area contributed by atoms with Crippen molar-refractivity contribution in [3.63, 3.8) is 0 Å². The lowest BCUT2D eigenvalue weighted by atomic mass is 10.2. The van der Waals surface area contributed by atoms with Crippen molar-refractivity contribution in [3.8, 4) is 5.75 Å². The molecule has 0 aliphatic rings. The van der Waals surface area contributed by atoms with E-state index in [9.17, 15) is 4.79 Å². The van der Waals surface area contributed by atoms with E-state index in [4.69, 9.17) is 9.72 Å². The first-order valence-electron chi connectivity index (χ1n) is 9.04. The highest BCUT2D eigenvalue weighted by atomic mass is 32.2. The number of thioether (sulfide) groups is 1. The first-order valence-corrected chi connectivity index (χ1v) is 10.8. The molecular weight excluding hydrogens is 402 g/mol. The number of fused-ring (bicyclic) bond motifs is 1. The predicted molar refractivity (Wildman–Crippen MR) is 119 cm³/mol. The maximum Gasteiger partial charge on any atom is 0.239 e. The predicted octanol–water partition coefficient (Wildman–Crippen LogP) is 5.03. The highest BCUT2D eigenvalue weighted by Gasteiger charge is 2.21. The maximum absolute atomic E-state index is 13.1. The van der Waals surface area contributed by atoms with Crippen LogP contribution in [0.15, 0.2) is 78.0 Å². The number of aromatic nitrogens is 2. The molecule has 0 aliphatic carbocycles. The molecule has 2 aromatic carbocycles. The third-order valence-electron chi connectivity index (χ3n) is 4.29. The first kappa shape index (κ1) is 19.4. The molecule has 0 saturated heterocycles. The summed E-state index contributed by atoms with van der Waals surface area (Å²) in [5, 5.41) is 0.677. The minimum atomic E-state index is 0.00808. The van der Waals surface area contributed by atoms with Crippen LogP contribution in [0.5, 0.6) is 5.75 Å². The summed E-state index contributed by atoms with van der Waals surface area (Å²) in [5.41, 5.74) is 1.81. The zero-order valence-corrected chi connectivity index (χ0v) is 17.5. The molecule has 0 unspecified atom stereocenters. The van der Waals surface area contributed by atoms with Gasteiger partial charge in [0.05, 0.1) is 29.6 Å². The number of amides is 1. The Morgan fingerprint density at radius 2 is 2.00 bits per heavy atom. The fourth-order valence-electron chi connectivity index (χ4n) is 2.81. The highest BCUT2D eigenvalue weighted by molar-refractivity contribution is 8.00. The van der Waals surface area contributed by atoms with Gasteiger partial charge in [-0.05, 0) is 42.0 Å². The Morgan fingerprint density at radius 1 is 1.14 bits per heavy atom. The van der Waals surface area contributed by atoms with Crippen molar-refractivity contribution in [2.45, 2.75) is 11.4 Å². The molecule has 0 atom stereocenters. The number of nitrogens with zero attached hydrogens (tertiary/aromatic N) is 3. The van der Waals surface area contributed by atoms with Crippen LogP contribution in [-0.2, 0) is 11.3 Å². The number of thiazole rings is 1. The van der Waals surface area contributed by atoms with Crippen LogP contribution in [0.25, 0.3) is 10.2 Å². The summed E-state index contributed by atoms with van der Waals surface area (Å²) in [6, 6.07) is 19.5. The van der Waals surface area contributed by atoms with Gasteiger partial charge in [0.2, 0.25) is 5.91 Å². The Morgan fingerprint density at radius 3 is 2.76 bits per heavy atom. The lowest BCUT2D eigenvalue weighted by Crippen LogP contribution is -2.31. The van der Waals surface area contributed by atoms with E-state index in [1.165, 1.54) is 23.1 Å². The topological polar surface area (TPSA) is 55.3 Å². The molecule has 0 aliphatic heterocycles. The average Bonchev–Trinajstić information content (AvgIpc) is 3.20. The molecule has 1 amide bonds. The number of carbonyl (C=O) groups is 1. The van der Waals surface area contributed by atoms with Gasteiger partial charge in [0, 0.05) is 17.3 Å². The van der Waals surface area contributed by atoms with E-state index in [1.54, 1.807) is 24.4 Å². The van der Waals surface area contributed by atoms with Gasteiger partial charge in [-0.2, -0.15) is 0 Å². The molecule has 0 saturated carbocycles. The fourth-order valence-corrected chi connectivity index (χ4v) is 4.62. The molecule has 0 fully saturated rings. The van der Waals surface area contributed by atoms with E-state index in [-0.39, 0.29) is 5.91 Å². The molecule has 0 radical (unpaired) electrons. The van der Waals surface area contributed by atoms with E-state index in [0.29, 0.717) is 17.4 Å². The van der Waals surface area contributed by atoms with Gasteiger partial charge in [-0.1, -0.05) is 35.6 Å². The number of carbonyl (C=O) groups excluding carboxylic acids is 1.